The lowest BCUT2D eigenvalue weighted by molar-refractivity contribution is 0.415. The van der Waals surface area contributed by atoms with Crippen molar-refractivity contribution in [1.29, 1.82) is 0 Å². The molecule has 29 heavy (non-hydrogen) atoms. The van der Waals surface area contributed by atoms with Crippen molar-refractivity contribution in [2.45, 2.75) is 6.92 Å². The lowest BCUT2D eigenvalue weighted by Crippen LogP contribution is -2.14. The molecular formula is C24H20N2O3. The molecule has 0 unspecified atom stereocenters. The molecule has 0 atom stereocenters. The fourth-order valence-electron chi connectivity index (χ4n) is 3.04. The molecule has 0 aliphatic rings. The standard InChI is InChI=1S/C24H20N2O3/c1-16-8-12-20(13-9-16)29-23-21(17-6-4-3-5-7-17)25-24(27)26-22(23)18-10-14-19(28-2)15-11-18/h3-15H,1-2H3,(H,25,26,27). The predicted molar refractivity (Wildman–Crippen MR) is 114 cm³/mol. The Morgan fingerprint density at radius 3 is 2.10 bits per heavy atom. The zero-order valence-corrected chi connectivity index (χ0v) is 16.2. The normalized spacial score (nSPS) is 10.6. The molecule has 1 heterocycles. The zero-order valence-electron chi connectivity index (χ0n) is 16.2. The van der Waals surface area contributed by atoms with Gasteiger partial charge >= 0.3 is 5.69 Å². The Labute approximate surface area is 168 Å². The quantitative estimate of drug-likeness (QED) is 0.513. The molecule has 0 saturated carbocycles. The second-order valence-electron chi connectivity index (χ2n) is 6.60. The number of hydrogen-bond acceptors (Lipinski definition) is 4. The fraction of sp³-hybridized carbons (Fsp3) is 0.0833. The van der Waals surface area contributed by atoms with Gasteiger partial charge in [0.15, 0.2) is 5.75 Å². The van der Waals surface area contributed by atoms with Crippen molar-refractivity contribution >= 4 is 0 Å². The van der Waals surface area contributed by atoms with Gasteiger partial charge in [-0.3, -0.25) is 0 Å². The van der Waals surface area contributed by atoms with Gasteiger partial charge in [0.05, 0.1) is 12.8 Å². The van der Waals surface area contributed by atoms with Crippen molar-refractivity contribution in [1.82, 2.24) is 9.97 Å². The fourth-order valence-corrected chi connectivity index (χ4v) is 3.04. The second-order valence-corrected chi connectivity index (χ2v) is 6.60. The van der Waals surface area contributed by atoms with E-state index in [9.17, 15) is 4.79 Å². The molecule has 0 aliphatic heterocycles. The van der Waals surface area contributed by atoms with E-state index in [0.29, 0.717) is 22.9 Å². The van der Waals surface area contributed by atoms with Gasteiger partial charge in [-0.05, 0) is 43.3 Å². The summed E-state index contributed by atoms with van der Waals surface area (Å²) < 4.78 is 11.5. The summed E-state index contributed by atoms with van der Waals surface area (Å²) in [6.07, 6.45) is 0. The average molecular weight is 384 g/mol. The molecule has 144 valence electrons. The molecule has 3 aromatic carbocycles. The van der Waals surface area contributed by atoms with Crippen molar-refractivity contribution in [2.75, 3.05) is 7.11 Å². The van der Waals surface area contributed by atoms with Crippen LogP contribution in [-0.2, 0) is 0 Å². The topological polar surface area (TPSA) is 64.2 Å². The van der Waals surface area contributed by atoms with Crippen LogP contribution in [0.4, 0.5) is 0 Å². The molecule has 5 heteroatoms. The van der Waals surface area contributed by atoms with Gasteiger partial charge in [-0.15, -0.1) is 0 Å². The third-order valence-corrected chi connectivity index (χ3v) is 4.55. The van der Waals surface area contributed by atoms with Gasteiger partial charge in [0.25, 0.3) is 0 Å². The number of aryl methyl sites for hydroxylation is 1. The number of methoxy groups -OCH3 is 1. The Morgan fingerprint density at radius 2 is 1.45 bits per heavy atom. The van der Waals surface area contributed by atoms with E-state index in [4.69, 9.17) is 9.47 Å². The first-order valence-corrected chi connectivity index (χ1v) is 9.23. The second kappa shape index (κ2) is 8.02. The summed E-state index contributed by atoms with van der Waals surface area (Å²) >= 11 is 0. The maximum absolute atomic E-state index is 12.4. The van der Waals surface area contributed by atoms with Crippen LogP contribution in [0.3, 0.4) is 0 Å². The number of benzene rings is 3. The number of aromatic nitrogens is 2. The predicted octanol–water partition coefficient (Wildman–Crippen LogP) is 5.21. The Kier molecular flexibility index (Phi) is 5.12. The Balaban J connectivity index is 1.92. The highest BCUT2D eigenvalue weighted by Crippen LogP contribution is 2.38. The third-order valence-electron chi connectivity index (χ3n) is 4.55. The molecule has 4 aromatic rings. The number of ether oxygens (including phenoxy) is 2. The summed E-state index contributed by atoms with van der Waals surface area (Å²) in [4.78, 5) is 19.4. The van der Waals surface area contributed by atoms with Gasteiger partial charge in [-0.2, -0.15) is 4.98 Å². The minimum Gasteiger partial charge on any atom is -0.497 e. The molecule has 0 radical (unpaired) electrons. The van der Waals surface area contributed by atoms with Crippen LogP contribution in [0.1, 0.15) is 5.56 Å². The van der Waals surface area contributed by atoms with Gasteiger partial charge in [0.2, 0.25) is 0 Å². The maximum Gasteiger partial charge on any atom is 0.346 e. The largest absolute Gasteiger partial charge is 0.497 e. The van der Waals surface area contributed by atoms with Gasteiger partial charge in [-0.25, -0.2) is 4.79 Å². The van der Waals surface area contributed by atoms with Gasteiger partial charge in [0, 0.05) is 11.1 Å². The summed E-state index contributed by atoms with van der Waals surface area (Å²) in [5, 5.41) is 0. The van der Waals surface area contributed by atoms with E-state index in [2.05, 4.69) is 9.97 Å². The van der Waals surface area contributed by atoms with Crippen molar-refractivity contribution in [2.24, 2.45) is 0 Å². The van der Waals surface area contributed by atoms with Crippen LogP contribution >= 0.6 is 0 Å². The summed E-state index contributed by atoms with van der Waals surface area (Å²) in [6.45, 7) is 2.02. The molecular weight excluding hydrogens is 364 g/mol. The van der Waals surface area contributed by atoms with Crippen molar-refractivity contribution < 1.29 is 9.47 Å². The first-order chi connectivity index (χ1) is 14.1. The van der Waals surface area contributed by atoms with Crippen LogP contribution in [0.2, 0.25) is 0 Å². The van der Waals surface area contributed by atoms with Crippen LogP contribution in [-0.4, -0.2) is 17.1 Å². The first kappa shape index (κ1) is 18.5. The smallest absolute Gasteiger partial charge is 0.346 e. The number of rotatable bonds is 5. The summed E-state index contributed by atoms with van der Waals surface area (Å²) in [5.74, 6) is 1.88. The molecule has 0 bridgehead atoms. The summed E-state index contributed by atoms with van der Waals surface area (Å²) in [5.41, 5.74) is 3.34. The highest BCUT2D eigenvalue weighted by molar-refractivity contribution is 5.78. The van der Waals surface area contributed by atoms with E-state index in [-0.39, 0.29) is 0 Å². The molecule has 1 N–H and O–H groups in total. The summed E-state index contributed by atoms with van der Waals surface area (Å²) in [6, 6.07) is 24.7. The van der Waals surface area contributed by atoms with E-state index in [1.165, 1.54) is 0 Å². The minimum absolute atomic E-state index is 0.439. The molecule has 0 amide bonds. The van der Waals surface area contributed by atoms with E-state index in [1.807, 2.05) is 85.8 Å². The molecule has 0 spiro atoms. The number of hydrogen-bond donors (Lipinski definition) is 1. The van der Waals surface area contributed by atoms with Crippen molar-refractivity contribution in [3.8, 4) is 39.8 Å². The number of nitrogens with one attached hydrogen (secondary N) is 1. The Morgan fingerprint density at radius 1 is 0.793 bits per heavy atom. The van der Waals surface area contributed by atoms with Crippen LogP contribution < -0.4 is 15.2 Å². The lowest BCUT2D eigenvalue weighted by Gasteiger charge is -2.15. The highest BCUT2D eigenvalue weighted by Gasteiger charge is 2.18. The van der Waals surface area contributed by atoms with E-state index >= 15 is 0 Å². The van der Waals surface area contributed by atoms with Gasteiger partial charge < -0.3 is 14.5 Å². The lowest BCUT2D eigenvalue weighted by atomic mass is 10.1. The van der Waals surface area contributed by atoms with Crippen LogP contribution in [0, 0.1) is 6.92 Å². The average Bonchev–Trinajstić information content (AvgIpc) is 2.77. The molecule has 4 rings (SSSR count). The van der Waals surface area contributed by atoms with Gasteiger partial charge in [-0.1, -0.05) is 48.0 Å². The van der Waals surface area contributed by atoms with E-state index in [0.717, 1.165) is 22.4 Å². The Hall–Kier alpha value is -3.86. The molecule has 5 nitrogen and oxygen atoms in total. The third kappa shape index (κ3) is 4.04. The zero-order chi connectivity index (χ0) is 20.2. The molecule has 1 aromatic heterocycles. The summed E-state index contributed by atoms with van der Waals surface area (Å²) in [7, 11) is 1.61. The first-order valence-electron chi connectivity index (χ1n) is 9.23. The van der Waals surface area contributed by atoms with Crippen LogP contribution in [0.15, 0.2) is 83.7 Å². The minimum atomic E-state index is -0.439. The Bertz CT molecular complexity index is 1170. The number of aromatic amines is 1. The van der Waals surface area contributed by atoms with E-state index < -0.39 is 5.69 Å². The maximum atomic E-state index is 12.4. The highest BCUT2D eigenvalue weighted by atomic mass is 16.5. The van der Waals surface area contributed by atoms with Crippen molar-refractivity contribution in [3.63, 3.8) is 0 Å². The molecule has 0 fully saturated rings. The molecule has 0 aliphatic carbocycles. The number of nitrogens with zero attached hydrogens (tertiary/aromatic N) is 1. The monoisotopic (exact) mass is 384 g/mol. The van der Waals surface area contributed by atoms with Crippen LogP contribution in [0.25, 0.3) is 22.5 Å². The SMILES string of the molecule is COc1ccc(-c2[nH]c(=O)nc(-c3ccccc3)c2Oc2ccc(C)cc2)cc1. The van der Waals surface area contributed by atoms with E-state index in [1.54, 1.807) is 7.11 Å². The van der Waals surface area contributed by atoms with Gasteiger partial charge in [0.1, 0.15) is 17.2 Å². The molecule has 0 saturated heterocycles. The van der Waals surface area contributed by atoms with Crippen LogP contribution in [0.5, 0.6) is 17.2 Å². The van der Waals surface area contributed by atoms with Crippen molar-refractivity contribution in [3.05, 3.63) is 94.9 Å². The number of H-pyrrole nitrogens is 1.